The highest BCUT2D eigenvalue weighted by Crippen LogP contribution is 2.29. The Hall–Kier alpha value is -0.460. The second-order valence-electron chi connectivity index (χ2n) is 5.67. The molecule has 1 N–H and O–H groups in total. The monoisotopic (exact) mass is 318 g/mol. The fourth-order valence-electron chi connectivity index (χ4n) is 1.82. The number of sulfone groups is 1. The predicted octanol–water partition coefficient (Wildman–Crippen LogP) is 2.95. The summed E-state index contributed by atoms with van der Waals surface area (Å²) in [4.78, 5) is 5.77. The Labute approximate surface area is 126 Å². The minimum absolute atomic E-state index is 0.515. The van der Waals surface area contributed by atoms with Crippen molar-refractivity contribution in [2.24, 2.45) is 5.92 Å². The largest absolute Gasteiger partial charge is 0.312 e. The molecule has 1 heterocycles. The van der Waals surface area contributed by atoms with E-state index in [9.17, 15) is 8.42 Å². The molecule has 0 bridgehead atoms. The Bertz CT molecular complexity index is 521. The minimum Gasteiger partial charge on any atom is -0.312 e. The van der Waals surface area contributed by atoms with Crippen molar-refractivity contribution in [1.29, 1.82) is 0 Å². The van der Waals surface area contributed by atoms with Crippen molar-refractivity contribution in [2.45, 2.75) is 52.3 Å². The number of rotatable bonds is 8. The van der Waals surface area contributed by atoms with Crippen molar-refractivity contribution in [3.63, 3.8) is 0 Å². The van der Waals surface area contributed by atoms with E-state index in [1.165, 1.54) is 22.5 Å². The summed E-state index contributed by atoms with van der Waals surface area (Å²) < 4.78 is 23.4. The molecule has 0 spiro atoms. The van der Waals surface area contributed by atoms with E-state index in [2.05, 4.69) is 31.1 Å². The van der Waals surface area contributed by atoms with E-state index in [4.69, 9.17) is 0 Å². The van der Waals surface area contributed by atoms with Gasteiger partial charge in [-0.25, -0.2) is 13.4 Å². The zero-order chi connectivity index (χ0) is 15.3. The van der Waals surface area contributed by atoms with Crippen LogP contribution in [0.5, 0.6) is 0 Å². The highest BCUT2D eigenvalue weighted by molar-refractivity contribution is 7.91. The van der Waals surface area contributed by atoms with E-state index in [0.29, 0.717) is 5.92 Å². The molecule has 1 aromatic rings. The number of hydrogen-bond acceptors (Lipinski definition) is 5. The summed E-state index contributed by atoms with van der Waals surface area (Å²) in [7, 11) is -3.09. The lowest BCUT2D eigenvalue weighted by atomic mass is 10.1. The van der Waals surface area contributed by atoms with Gasteiger partial charge in [-0.2, -0.15) is 0 Å². The van der Waals surface area contributed by atoms with Crippen LogP contribution >= 0.6 is 11.3 Å². The van der Waals surface area contributed by atoms with Gasteiger partial charge in [-0.1, -0.05) is 20.8 Å². The number of nitrogens with one attached hydrogen (secondary N) is 1. The first kappa shape index (κ1) is 17.6. The van der Waals surface area contributed by atoms with Gasteiger partial charge in [-0.3, -0.25) is 0 Å². The standard InChI is InChI=1S/C14H26N2O2S2/c1-6-7-15-9-13-12(8-10(2)3)16-14(19-13)11(4)20(5,17)18/h10-11,15H,6-9H2,1-5H3. The fraction of sp³-hybridized carbons (Fsp3) is 0.786. The quantitative estimate of drug-likeness (QED) is 0.749. The van der Waals surface area contributed by atoms with Crippen molar-refractivity contribution >= 4 is 21.2 Å². The second-order valence-corrected chi connectivity index (χ2v) is 9.15. The van der Waals surface area contributed by atoms with Gasteiger partial charge in [0.15, 0.2) is 9.84 Å². The molecule has 0 radical (unpaired) electrons. The zero-order valence-corrected chi connectivity index (χ0v) is 14.7. The molecule has 0 saturated heterocycles. The van der Waals surface area contributed by atoms with Crippen LogP contribution < -0.4 is 5.32 Å². The number of nitrogens with zero attached hydrogens (tertiary/aromatic N) is 1. The molecule has 1 rings (SSSR count). The molecule has 0 aliphatic carbocycles. The molecule has 1 atom stereocenters. The summed E-state index contributed by atoms with van der Waals surface area (Å²) >= 11 is 1.53. The van der Waals surface area contributed by atoms with Crippen LogP contribution in [-0.2, 0) is 22.8 Å². The van der Waals surface area contributed by atoms with E-state index in [0.717, 1.165) is 36.6 Å². The van der Waals surface area contributed by atoms with Crippen molar-refractivity contribution < 1.29 is 8.42 Å². The van der Waals surface area contributed by atoms with E-state index >= 15 is 0 Å². The van der Waals surface area contributed by atoms with Gasteiger partial charge in [0.05, 0.1) is 5.69 Å². The van der Waals surface area contributed by atoms with Gasteiger partial charge >= 0.3 is 0 Å². The van der Waals surface area contributed by atoms with Crippen LogP contribution in [-0.4, -0.2) is 26.2 Å². The van der Waals surface area contributed by atoms with Crippen LogP contribution in [0.3, 0.4) is 0 Å². The van der Waals surface area contributed by atoms with Crippen LogP contribution in [0.1, 0.15) is 54.9 Å². The smallest absolute Gasteiger partial charge is 0.156 e. The first-order chi connectivity index (χ1) is 9.25. The van der Waals surface area contributed by atoms with Gasteiger partial charge in [-0.05, 0) is 32.2 Å². The highest BCUT2D eigenvalue weighted by Gasteiger charge is 2.23. The minimum atomic E-state index is -3.09. The Morgan fingerprint density at radius 3 is 2.45 bits per heavy atom. The fourth-order valence-corrected chi connectivity index (χ4v) is 3.91. The number of thiazole rings is 1. The molecule has 0 saturated carbocycles. The maximum absolute atomic E-state index is 11.7. The van der Waals surface area contributed by atoms with Crippen LogP contribution in [0.25, 0.3) is 0 Å². The van der Waals surface area contributed by atoms with Crippen LogP contribution in [0.2, 0.25) is 0 Å². The molecule has 0 fully saturated rings. The Morgan fingerprint density at radius 2 is 1.95 bits per heavy atom. The Morgan fingerprint density at radius 1 is 1.30 bits per heavy atom. The number of hydrogen-bond donors (Lipinski definition) is 1. The average molecular weight is 319 g/mol. The normalized spacial score (nSPS) is 13.9. The summed E-state index contributed by atoms with van der Waals surface area (Å²) in [5.74, 6) is 0.517. The van der Waals surface area contributed by atoms with Crippen LogP contribution in [0, 0.1) is 5.92 Å². The lowest BCUT2D eigenvalue weighted by Gasteiger charge is -2.05. The average Bonchev–Trinajstić information content (AvgIpc) is 2.70. The molecule has 20 heavy (non-hydrogen) atoms. The van der Waals surface area contributed by atoms with Crippen LogP contribution in [0.4, 0.5) is 0 Å². The number of aromatic nitrogens is 1. The molecular formula is C14H26N2O2S2. The summed E-state index contributed by atoms with van der Waals surface area (Å²) in [5.41, 5.74) is 1.05. The summed E-state index contributed by atoms with van der Waals surface area (Å²) in [6, 6.07) is 0. The molecule has 4 nitrogen and oxygen atoms in total. The van der Waals surface area contributed by atoms with Crippen molar-refractivity contribution in [1.82, 2.24) is 10.3 Å². The molecular weight excluding hydrogens is 292 g/mol. The molecule has 1 aromatic heterocycles. The lowest BCUT2D eigenvalue weighted by molar-refractivity contribution is 0.591. The van der Waals surface area contributed by atoms with E-state index < -0.39 is 15.1 Å². The first-order valence-electron chi connectivity index (χ1n) is 7.13. The second kappa shape index (κ2) is 7.52. The third kappa shape index (κ3) is 5.14. The molecule has 1 unspecified atom stereocenters. The van der Waals surface area contributed by atoms with E-state index in [1.807, 2.05) is 0 Å². The van der Waals surface area contributed by atoms with Gasteiger partial charge in [0.2, 0.25) is 0 Å². The van der Waals surface area contributed by atoms with Crippen LogP contribution in [0.15, 0.2) is 0 Å². The molecule has 6 heteroatoms. The summed E-state index contributed by atoms with van der Waals surface area (Å²) in [6.07, 6.45) is 3.26. The summed E-state index contributed by atoms with van der Waals surface area (Å²) in [5, 5.41) is 3.58. The highest BCUT2D eigenvalue weighted by atomic mass is 32.2. The van der Waals surface area contributed by atoms with E-state index in [-0.39, 0.29) is 0 Å². The maximum atomic E-state index is 11.7. The van der Waals surface area contributed by atoms with Gasteiger partial charge in [0, 0.05) is 17.7 Å². The lowest BCUT2D eigenvalue weighted by Crippen LogP contribution is -2.14. The topological polar surface area (TPSA) is 59.1 Å². The molecule has 0 aromatic carbocycles. The van der Waals surface area contributed by atoms with Gasteiger partial charge in [0.25, 0.3) is 0 Å². The predicted molar refractivity (Wildman–Crippen MR) is 85.9 cm³/mol. The third-order valence-corrected chi connectivity index (χ3v) is 6.04. The van der Waals surface area contributed by atoms with E-state index in [1.54, 1.807) is 6.92 Å². The van der Waals surface area contributed by atoms with Crippen molar-refractivity contribution in [2.75, 3.05) is 12.8 Å². The van der Waals surface area contributed by atoms with Gasteiger partial charge in [-0.15, -0.1) is 11.3 Å². The first-order valence-corrected chi connectivity index (χ1v) is 9.90. The van der Waals surface area contributed by atoms with Crippen molar-refractivity contribution in [3.05, 3.63) is 15.6 Å². The third-order valence-electron chi connectivity index (χ3n) is 3.10. The van der Waals surface area contributed by atoms with Gasteiger partial charge in [0.1, 0.15) is 10.3 Å². The summed E-state index contributed by atoms with van der Waals surface area (Å²) in [6.45, 7) is 9.91. The van der Waals surface area contributed by atoms with Crippen molar-refractivity contribution in [3.8, 4) is 0 Å². The zero-order valence-electron chi connectivity index (χ0n) is 13.1. The maximum Gasteiger partial charge on any atom is 0.156 e. The Balaban J connectivity index is 2.98. The van der Waals surface area contributed by atoms with Gasteiger partial charge < -0.3 is 5.32 Å². The SMILES string of the molecule is CCCNCc1sc(C(C)S(C)(=O)=O)nc1CC(C)C. The Kier molecular flexibility index (Phi) is 6.61. The molecule has 0 aliphatic rings. The molecule has 116 valence electrons. The molecule has 0 aliphatic heterocycles. The molecule has 0 amide bonds.